The average molecular weight is 679 g/mol. The molecule has 0 aliphatic carbocycles. The predicted octanol–water partition coefficient (Wildman–Crippen LogP) is 4.72. The van der Waals surface area contributed by atoms with E-state index in [2.05, 4.69) is 5.32 Å². The van der Waals surface area contributed by atoms with Crippen LogP contribution in [0, 0.1) is 13.8 Å². The smallest absolute Gasteiger partial charge is 0.453 e. The van der Waals surface area contributed by atoms with Gasteiger partial charge in [0.05, 0.1) is 11.1 Å². The van der Waals surface area contributed by atoms with Crippen LogP contribution in [0.1, 0.15) is 67.0 Å². The fourth-order valence-corrected chi connectivity index (χ4v) is 5.55. The molecule has 2 aliphatic rings. The molecule has 0 spiro atoms. The summed E-state index contributed by atoms with van der Waals surface area (Å²) in [5.41, 5.74) is 2.58. The lowest BCUT2D eigenvalue weighted by Gasteiger charge is -2.24. The molecule has 2 aliphatic heterocycles. The molecule has 1 fully saturated rings. The Bertz CT molecular complexity index is 1670. The lowest BCUT2D eigenvalue weighted by atomic mass is 10.0. The number of hydrogen-bond acceptors (Lipinski definition) is 12. The number of hydrogen-bond donors (Lipinski definition) is 1. The van der Waals surface area contributed by atoms with Gasteiger partial charge in [-0.25, -0.2) is 19.4 Å². The van der Waals surface area contributed by atoms with Crippen molar-refractivity contribution in [2.45, 2.75) is 39.2 Å². The molecule has 3 aromatic rings. The van der Waals surface area contributed by atoms with Gasteiger partial charge >= 0.3 is 12.1 Å². The van der Waals surface area contributed by atoms with Crippen molar-refractivity contribution in [3.8, 4) is 23.0 Å². The first-order valence-electron chi connectivity index (χ1n) is 15.6. The van der Waals surface area contributed by atoms with Crippen LogP contribution >= 0.6 is 0 Å². The highest BCUT2D eigenvalue weighted by Gasteiger charge is 2.27. The molecule has 1 N–H and O–H groups in total. The molecule has 49 heavy (non-hydrogen) atoms. The first-order chi connectivity index (χ1) is 23.7. The molecular formula is C35H38N2O12. The van der Waals surface area contributed by atoms with E-state index in [0.29, 0.717) is 42.2 Å². The molecule has 1 unspecified atom stereocenters. The van der Waals surface area contributed by atoms with Crippen LogP contribution in [0.5, 0.6) is 23.0 Å². The first kappa shape index (κ1) is 35.0. The largest absolute Gasteiger partial charge is 0.467 e. The van der Waals surface area contributed by atoms with Gasteiger partial charge in [0, 0.05) is 50.5 Å². The summed E-state index contributed by atoms with van der Waals surface area (Å²) in [4.78, 5) is 63.2. The molecule has 5 rings (SSSR count). The van der Waals surface area contributed by atoms with Gasteiger partial charge in [0.2, 0.25) is 6.79 Å². The third-order valence-electron chi connectivity index (χ3n) is 7.93. The first-order valence-corrected chi connectivity index (χ1v) is 15.6. The third kappa shape index (κ3) is 8.58. The van der Waals surface area contributed by atoms with Crippen LogP contribution in [-0.2, 0) is 19.2 Å². The Morgan fingerprint density at radius 2 is 1.47 bits per heavy atom. The van der Waals surface area contributed by atoms with Crippen molar-refractivity contribution < 1.29 is 57.4 Å². The van der Waals surface area contributed by atoms with Gasteiger partial charge in [0.1, 0.15) is 11.5 Å². The number of carbonyl (C=O) groups is 4. The van der Waals surface area contributed by atoms with E-state index in [0.717, 1.165) is 17.5 Å². The van der Waals surface area contributed by atoms with Crippen LogP contribution < -0.4 is 24.3 Å². The van der Waals surface area contributed by atoms with Crippen LogP contribution in [0.15, 0.2) is 48.5 Å². The number of carbonyl (C=O) groups excluding carboxylic acids is 4. The number of rotatable bonds is 11. The van der Waals surface area contributed by atoms with Crippen molar-refractivity contribution in [1.29, 1.82) is 0 Å². The molecule has 1 saturated heterocycles. The number of nitrogens with zero attached hydrogens (tertiary/aromatic N) is 1. The minimum atomic E-state index is -0.928. The zero-order chi connectivity index (χ0) is 34.9. The molecule has 14 nitrogen and oxygen atoms in total. The maximum atomic E-state index is 13.3. The normalized spacial score (nSPS) is 15.2. The van der Waals surface area contributed by atoms with E-state index < -0.39 is 17.8 Å². The summed E-state index contributed by atoms with van der Waals surface area (Å²) in [5.74, 6) is 0.142. The highest BCUT2D eigenvalue weighted by atomic mass is 17.2. The van der Waals surface area contributed by atoms with Crippen LogP contribution in [0.25, 0.3) is 0 Å². The number of ketones is 1. The van der Waals surface area contributed by atoms with Crippen LogP contribution in [0.2, 0.25) is 0 Å². The van der Waals surface area contributed by atoms with E-state index >= 15 is 0 Å². The second-order valence-electron chi connectivity index (χ2n) is 11.5. The summed E-state index contributed by atoms with van der Waals surface area (Å²) in [5, 5.41) is 3.00. The van der Waals surface area contributed by atoms with Gasteiger partial charge in [-0.2, -0.15) is 0 Å². The molecule has 2 amide bonds. The van der Waals surface area contributed by atoms with Crippen LogP contribution in [0.4, 0.5) is 4.79 Å². The molecular weight excluding hydrogens is 640 g/mol. The number of aryl methyl sites for hydroxylation is 2. The molecule has 3 aromatic carbocycles. The molecule has 1 atom stereocenters. The Hall–Kier alpha value is -5.34. The highest BCUT2D eigenvalue weighted by Crippen LogP contribution is 2.39. The van der Waals surface area contributed by atoms with E-state index in [1.54, 1.807) is 18.2 Å². The van der Waals surface area contributed by atoms with Crippen molar-refractivity contribution in [2.75, 3.05) is 47.7 Å². The molecule has 260 valence electrons. The van der Waals surface area contributed by atoms with Crippen molar-refractivity contribution in [3.63, 3.8) is 0 Å². The second-order valence-corrected chi connectivity index (χ2v) is 11.5. The van der Waals surface area contributed by atoms with Crippen molar-refractivity contribution >= 4 is 23.8 Å². The number of nitrogens with one attached hydrogen (secondary N) is 1. The number of fused-ring (bicyclic) bond motifs is 1. The predicted molar refractivity (Wildman–Crippen MR) is 172 cm³/mol. The zero-order valence-electron chi connectivity index (χ0n) is 27.7. The Morgan fingerprint density at radius 3 is 2.16 bits per heavy atom. The van der Waals surface area contributed by atoms with Gasteiger partial charge in [-0.3, -0.25) is 9.59 Å². The SMILES string of the molecule is COCOc1cc2c(cc1C(=O)c1ccc(C(=O)OOC(=O)N3CCCCC(NC(=O)c4cc(C)c(OCOC)c(C)c4)C3)cc1)OCO2. The minimum absolute atomic E-state index is 0.0220. The van der Waals surface area contributed by atoms with Gasteiger partial charge in [-0.15, -0.1) is 0 Å². The fourth-order valence-electron chi connectivity index (χ4n) is 5.55. The van der Waals surface area contributed by atoms with E-state index in [1.807, 2.05) is 13.8 Å². The summed E-state index contributed by atoms with van der Waals surface area (Å²) in [6.45, 7) is 4.26. The highest BCUT2D eigenvalue weighted by molar-refractivity contribution is 6.11. The Kier molecular flexibility index (Phi) is 11.5. The molecule has 14 heteroatoms. The summed E-state index contributed by atoms with van der Waals surface area (Å²) in [7, 11) is 2.99. The van der Waals surface area contributed by atoms with Crippen molar-refractivity contribution in [1.82, 2.24) is 10.2 Å². The molecule has 2 heterocycles. The summed E-state index contributed by atoms with van der Waals surface area (Å²) >= 11 is 0. The zero-order valence-corrected chi connectivity index (χ0v) is 27.7. The van der Waals surface area contributed by atoms with Gasteiger partial charge in [-0.05, 0) is 74.6 Å². The van der Waals surface area contributed by atoms with Crippen molar-refractivity contribution in [3.05, 3.63) is 81.9 Å². The number of likely N-dealkylation sites (tertiary alicyclic amines) is 1. The Labute approximate surface area is 283 Å². The van der Waals surface area contributed by atoms with E-state index in [-0.39, 0.29) is 61.3 Å². The van der Waals surface area contributed by atoms with Gasteiger partial charge < -0.3 is 38.6 Å². The van der Waals surface area contributed by atoms with Crippen LogP contribution in [0.3, 0.4) is 0 Å². The van der Waals surface area contributed by atoms with Gasteiger partial charge in [-0.1, -0.05) is 12.1 Å². The van der Waals surface area contributed by atoms with E-state index in [9.17, 15) is 19.2 Å². The van der Waals surface area contributed by atoms with Crippen LogP contribution in [-0.4, -0.2) is 82.4 Å². The molecule has 0 aromatic heterocycles. The topological polar surface area (TPSA) is 157 Å². The summed E-state index contributed by atoms with van der Waals surface area (Å²) in [6, 6.07) is 11.8. The number of amides is 2. The number of ether oxygens (including phenoxy) is 6. The number of benzene rings is 3. The van der Waals surface area contributed by atoms with Gasteiger partial charge in [0.15, 0.2) is 30.9 Å². The van der Waals surface area contributed by atoms with Gasteiger partial charge in [0.25, 0.3) is 5.91 Å². The standard InChI is InChI=1S/C35H38N2O12/c1-21-13-25(14-22(2)32(21)47-19-43-4)33(39)36-26-7-5-6-12-37(17-26)35(41)49-48-34(40)24-10-8-23(9-11-24)31(38)27-15-29-30(46-20-45-29)16-28(27)44-18-42-3/h8-11,13-16,26H,5-7,12,17-20H2,1-4H3,(H,36,39). The summed E-state index contributed by atoms with van der Waals surface area (Å²) in [6.07, 6.45) is 1.24. The lowest BCUT2D eigenvalue weighted by molar-refractivity contribution is -0.192. The quantitative estimate of drug-likeness (QED) is 0.129. The Balaban J connectivity index is 1.16. The minimum Gasteiger partial charge on any atom is -0.467 e. The lowest BCUT2D eigenvalue weighted by Crippen LogP contribution is -2.45. The van der Waals surface area contributed by atoms with Crippen molar-refractivity contribution in [2.24, 2.45) is 0 Å². The second kappa shape index (κ2) is 16.2. The molecule has 0 bridgehead atoms. The average Bonchev–Trinajstić information content (AvgIpc) is 3.44. The maximum Gasteiger partial charge on any atom is 0.453 e. The maximum absolute atomic E-state index is 13.3. The Morgan fingerprint density at radius 1 is 0.816 bits per heavy atom. The molecule has 0 saturated carbocycles. The third-order valence-corrected chi connectivity index (χ3v) is 7.93. The monoisotopic (exact) mass is 678 g/mol. The van der Waals surface area contributed by atoms with E-state index in [1.165, 1.54) is 49.5 Å². The fraction of sp³-hybridized carbons (Fsp3) is 0.371. The number of methoxy groups -OCH3 is 2. The van der Waals surface area contributed by atoms with E-state index in [4.69, 9.17) is 38.2 Å². The summed E-state index contributed by atoms with van der Waals surface area (Å²) < 4.78 is 31.9. The molecule has 0 radical (unpaired) electrons.